The first-order valence-electron chi connectivity index (χ1n) is 6.79. The summed E-state index contributed by atoms with van der Waals surface area (Å²) in [6, 6.07) is 8.90. The predicted molar refractivity (Wildman–Crippen MR) is 88.6 cm³/mol. The van der Waals surface area contributed by atoms with Crippen molar-refractivity contribution in [2.75, 3.05) is 25.4 Å². The number of rotatable bonds is 4. The van der Waals surface area contributed by atoms with Gasteiger partial charge in [-0.2, -0.15) is 0 Å². The molecule has 20 heavy (non-hydrogen) atoms. The molecule has 1 aliphatic rings. The number of hydrogen-bond acceptors (Lipinski definition) is 3. The second-order valence-corrected chi connectivity index (χ2v) is 6.16. The van der Waals surface area contributed by atoms with E-state index in [1.54, 1.807) is 11.8 Å². The minimum Gasteiger partial charge on any atom is -0.339 e. The molecule has 1 aliphatic heterocycles. The molecule has 0 radical (unpaired) electrons. The van der Waals surface area contributed by atoms with Crippen molar-refractivity contribution in [3.05, 3.63) is 35.4 Å². The maximum atomic E-state index is 12.1. The van der Waals surface area contributed by atoms with E-state index < -0.39 is 0 Å². The Labute approximate surface area is 131 Å². The average molecular weight is 315 g/mol. The molecule has 1 amide bonds. The first-order valence-corrected chi connectivity index (χ1v) is 7.95. The summed E-state index contributed by atoms with van der Waals surface area (Å²) in [6.45, 7) is 6.81. The lowest BCUT2D eigenvalue weighted by atomic mass is 10.2. The first kappa shape index (κ1) is 17.3. The fourth-order valence-corrected chi connectivity index (χ4v) is 3.18. The molecule has 112 valence electrons. The normalized spacial score (nSPS) is 18.5. The Morgan fingerprint density at radius 3 is 3.00 bits per heavy atom. The van der Waals surface area contributed by atoms with E-state index >= 15 is 0 Å². The van der Waals surface area contributed by atoms with E-state index in [-0.39, 0.29) is 18.3 Å². The number of benzene rings is 1. The molecule has 0 aromatic heterocycles. The van der Waals surface area contributed by atoms with E-state index in [0.717, 1.165) is 25.4 Å². The molecule has 1 heterocycles. The Bertz CT molecular complexity index is 442. The van der Waals surface area contributed by atoms with Gasteiger partial charge in [-0.15, -0.1) is 24.2 Å². The highest BCUT2D eigenvalue weighted by Gasteiger charge is 2.19. The maximum Gasteiger partial charge on any atom is 0.232 e. The SMILES string of the molecule is Cc1cccc(CSCC(=O)N2CCNC(C)C2)c1.Cl. The van der Waals surface area contributed by atoms with E-state index in [9.17, 15) is 4.79 Å². The van der Waals surface area contributed by atoms with E-state index in [1.165, 1.54) is 11.1 Å². The minimum absolute atomic E-state index is 0. The Balaban J connectivity index is 0.00000200. The number of nitrogens with one attached hydrogen (secondary N) is 1. The number of carbonyl (C=O) groups excluding carboxylic acids is 1. The molecular formula is C15H23ClN2OS. The van der Waals surface area contributed by atoms with Gasteiger partial charge in [0, 0.05) is 31.4 Å². The van der Waals surface area contributed by atoms with Crippen LogP contribution in [0.3, 0.4) is 0 Å². The van der Waals surface area contributed by atoms with Gasteiger partial charge >= 0.3 is 0 Å². The van der Waals surface area contributed by atoms with Gasteiger partial charge in [0.1, 0.15) is 0 Å². The lowest BCUT2D eigenvalue weighted by molar-refractivity contribution is -0.129. The van der Waals surface area contributed by atoms with Gasteiger partial charge in [-0.25, -0.2) is 0 Å². The van der Waals surface area contributed by atoms with Crippen molar-refractivity contribution in [1.29, 1.82) is 0 Å². The van der Waals surface area contributed by atoms with Gasteiger partial charge in [0.15, 0.2) is 0 Å². The molecule has 2 rings (SSSR count). The molecular weight excluding hydrogens is 292 g/mol. The van der Waals surface area contributed by atoms with Crippen LogP contribution in [0.4, 0.5) is 0 Å². The number of aryl methyl sites for hydroxylation is 1. The van der Waals surface area contributed by atoms with Crippen molar-refractivity contribution in [2.45, 2.75) is 25.6 Å². The quantitative estimate of drug-likeness (QED) is 0.926. The molecule has 1 N–H and O–H groups in total. The number of hydrogen-bond donors (Lipinski definition) is 1. The summed E-state index contributed by atoms with van der Waals surface area (Å²) in [4.78, 5) is 14.1. The topological polar surface area (TPSA) is 32.3 Å². The van der Waals surface area contributed by atoms with Gasteiger partial charge in [-0.3, -0.25) is 4.79 Å². The smallest absolute Gasteiger partial charge is 0.232 e. The van der Waals surface area contributed by atoms with E-state index in [1.807, 2.05) is 4.90 Å². The van der Waals surface area contributed by atoms with Crippen molar-refractivity contribution in [3.63, 3.8) is 0 Å². The summed E-state index contributed by atoms with van der Waals surface area (Å²) in [7, 11) is 0. The van der Waals surface area contributed by atoms with Crippen LogP contribution >= 0.6 is 24.2 Å². The van der Waals surface area contributed by atoms with Crippen molar-refractivity contribution in [1.82, 2.24) is 10.2 Å². The molecule has 1 aromatic rings. The van der Waals surface area contributed by atoms with Crippen molar-refractivity contribution in [3.8, 4) is 0 Å². The zero-order valence-electron chi connectivity index (χ0n) is 12.1. The number of halogens is 1. The monoisotopic (exact) mass is 314 g/mol. The fourth-order valence-electron chi connectivity index (χ4n) is 2.31. The lowest BCUT2D eigenvalue weighted by Gasteiger charge is -2.31. The van der Waals surface area contributed by atoms with Crippen LogP contribution < -0.4 is 5.32 Å². The predicted octanol–water partition coefficient (Wildman–Crippen LogP) is 2.47. The van der Waals surface area contributed by atoms with Crippen LogP contribution in [-0.2, 0) is 10.5 Å². The molecule has 3 nitrogen and oxygen atoms in total. The molecule has 0 saturated carbocycles. The second kappa shape index (κ2) is 8.55. The molecule has 1 saturated heterocycles. The molecule has 1 atom stereocenters. The van der Waals surface area contributed by atoms with Gasteiger partial charge < -0.3 is 10.2 Å². The summed E-state index contributed by atoms with van der Waals surface area (Å²) in [5.74, 6) is 1.77. The Kier molecular flexibility index (Phi) is 7.41. The van der Waals surface area contributed by atoms with Crippen molar-refractivity contribution in [2.24, 2.45) is 0 Å². The molecule has 1 fully saturated rings. The third kappa shape index (κ3) is 5.35. The van der Waals surface area contributed by atoms with E-state index in [0.29, 0.717) is 11.8 Å². The molecule has 0 bridgehead atoms. The number of thioether (sulfide) groups is 1. The molecule has 0 aliphatic carbocycles. The van der Waals surface area contributed by atoms with Gasteiger partial charge in [0.05, 0.1) is 5.75 Å². The van der Waals surface area contributed by atoms with Crippen LogP contribution in [0.5, 0.6) is 0 Å². The van der Waals surface area contributed by atoms with Crippen LogP contribution in [-0.4, -0.2) is 42.2 Å². The Hall–Kier alpha value is -0.710. The number of nitrogens with zero attached hydrogens (tertiary/aromatic N) is 1. The van der Waals surface area contributed by atoms with Gasteiger partial charge in [-0.1, -0.05) is 29.8 Å². The van der Waals surface area contributed by atoms with Crippen LogP contribution in [0.1, 0.15) is 18.1 Å². The third-order valence-corrected chi connectivity index (χ3v) is 4.29. The van der Waals surface area contributed by atoms with E-state index in [2.05, 4.69) is 43.4 Å². The molecule has 1 aromatic carbocycles. The zero-order valence-corrected chi connectivity index (χ0v) is 13.7. The zero-order chi connectivity index (χ0) is 13.7. The molecule has 1 unspecified atom stereocenters. The van der Waals surface area contributed by atoms with Crippen LogP contribution in [0.25, 0.3) is 0 Å². The van der Waals surface area contributed by atoms with Gasteiger partial charge in [-0.05, 0) is 19.4 Å². The van der Waals surface area contributed by atoms with Crippen LogP contribution in [0.15, 0.2) is 24.3 Å². The summed E-state index contributed by atoms with van der Waals surface area (Å²) >= 11 is 1.71. The number of carbonyl (C=O) groups is 1. The fraction of sp³-hybridized carbons (Fsp3) is 0.533. The van der Waals surface area contributed by atoms with Crippen LogP contribution in [0, 0.1) is 6.92 Å². The standard InChI is InChI=1S/C15H22N2OS.ClH/c1-12-4-3-5-14(8-12)10-19-11-15(18)17-7-6-16-13(2)9-17;/h3-5,8,13,16H,6-7,9-11H2,1-2H3;1H. The summed E-state index contributed by atoms with van der Waals surface area (Å²) in [5, 5.41) is 3.35. The average Bonchev–Trinajstić information content (AvgIpc) is 2.38. The van der Waals surface area contributed by atoms with Crippen molar-refractivity contribution < 1.29 is 4.79 Å². The van der Waals surface area contributed by atoms with Crippen molar-refractivity contribution >= 4 is 30.1 Å². The maximum absolute atomic E-state index is 12.1. The van der Waals surface area contributed by atoms with E-state index in [4.69, 9.17) is 0 Å². The second-order valence-electron chi connectivity index (χ2n) is 5.18. The molecule has 5 heteroatoms. The van der Waals surface area contributed by atoms with Crippen LogP contribution in [0.2, 0.25) is 0 Å². The first-order chi connectivity index (χ1) is 9.15. The highest BCUT2D eigenvalue weighted by Crippen LogP contribution is 2.14. The highest BCUT2D eigenvalue weighted by molar-refractivity contribution is 7.99. The van der Waals surface area contributed by atoms with Gasteiger partial charge in [0.25, 0.3) is 0 Å². The Morgan fingerprint density at radius 1 is 1.50 bits per heavy atom. The lowest BCUT2D eigenvalue weighted by Crippen LogP contribution is -2.51. The minimum atomic E-state index is 0. The number of piperazine rings is 1. The largest absolute Gasteiger partial charge is 0.339 e. The molecule has 0 spiro atoms. The summed E-state index contributed by atoms with van der Waals surface area (Å²) < 4.78 is 0. The summed E-state index contributed by atoms with van der Waals surface area (Å²) in [6.07, 6.45) is 0. The Morgan fingerprint density at radius 2 is 2.30 bits per heavy atom. The summed E-state index contributed by atoms with van der Waals surface area (Å²) in [5.41, 5.74) is 2.58. The highest BCUT2D eigenvalue weighted by atomic mass is 35.5. The third-order valence-electron chi connectivity index (χ3n) is 3.30. The number of amides is 1. The van der Waals surface area contributed by atoms with Gasteiger partial charge in [0.2, 0.25) is 5.91 Å².